The highest BCUT2D eigenvalue weighted by atomic mass is 79.9. The van der Waals surface area contributed by atoms with Gasteiger partial charge in [-0.25, -0.2) is 18.2 Å². The first-order valence-electron chi connectivity index (χ1n) is 5.46. The summed E-state index contributed by atoms with van der Waals surface area (Å²) < 4.78 is 39.8. The van der Waals surface area contributed by atoms with Gasteiger partial charge in [0.15, 0.2) is 0 Å². The number of esters is 1. The van der Waals surface area contributed by atoms with Crippen LogP contribution in [0.25, 0.3) is 10.2 Å². The number of carbonyl (C=O) groups is 1. The molecule has 2 rings (SSSR count). The Labute approximate surface area is 126 Å². The van der Waals surface area contributed by atoms with E-state index in [4.69, 9.17) is 0 Å². The van der Waals surface area contributed by atoms with Crippen molar-refractivity contribution in [2.75, 3.05) is 6.61 Å². The quantitative estimate of drug-likeness (QED) is 0.601. The number of alkyl halides is 2. The highest BCUT2D eigenvalue weighted by Gasteiger charge is 2.53. The van der Waals surface area contributed by atoms with E-state index in [2.05, 4.69) is 25.7 Å². The van der Waals surface area contributed by atoms with Gasteiger partial charge >= 0.3 is 9.88 Å². The lowest BCUT2D eigenvalue weighted by Gasteiger charge is -2.15. The van der Waals surface area contributed by atoms with E-state index < -0.39 is 24.1 Å². The van der Waals surface area contributed by atoms with Crippen molar-refractivity contribution in [1.82, 2.24) is 4.98 Å². The molecule has 108 valence electrons. The van der Waals surface area contributed by atoms with E-state index in [0.29, 0.717) is 10.2 Å². The summed E-state index contributed by atoms with van der Waals surface area (Å²) in [5, 5.41) is 0. The molecular weight excluding hydrogens is 373 g/mol. The molecule has 0 radical (unpaired) electrons. The maximum absolute atomic E-state index is 14.3. The van der Waals surface area contributed by atoms with Crippen LogP contribution in [0.5, 0.6) is 0 Å². The smallest absolute Gasteiger partial charge is 0.371 e. The normalized spacial score (nSPS) is 14.9. The molecule has 0 bridgehead atoms. The summed E-state index contributed by atoms with van der Waals surface area (Å²) in [6.45, 7) is 1.32. The highest BCUT2D eigenvalue weighted by molar-refractivity contribution is 9.12. The average Bonchev–Trinajstić information content (AvgIpc) is 2.83. The fraction of sp³-hybridized carbons (Fsp3) is 0.273. The number of ether oxygens (including phenoxy) is 1. The number of halogens is 2. The lowest BCUT2D eigenvalue weighted by Crippen LogP contribution is -2.37. The number of thiazole rings is 1. The van der Waals surface area contributed by atoms with Crippen molar-refractivity contribution in [2.24, 2.45) is 0 Å². The van der Waals surface area contributed by atoms with Crippen molar-refractivity contribution in [3.8, 4) is 0 Å². The number of hydrogen-bond acceptors (Lipinski definition) is 6. The van der Waals surface area contributed by atoms with Crippen LogP contribution in [0, 0.1) is 0 Å². The Morgan fingerprint density at radius 3 is 2.75 bits per heavy atom. The van der Waals surface area contributed by atoms with Crippen molar-refractivity contribution in [2.45, 2.75) is 15.2 Å². The molecule has 1 unspecified atom stereocenters. The van der Waals surface area contributed by atoms with Gasteiger partial charge in [-0.1, -0.05) is 12.1 Å². The number of carbonyl (C=O) groups excluding carboxylic acids is 1. The summed E-state index contributed by atoms with van der Waals surface area (Å²) in [5.74, 6) is -1.51. The first-order chi connectivity index (χ1) is 9.30. The van der Waals surface area contributed by atoms with Crippen molar-refractivity contribution < 1.29 is 22.3 Å². The predicted molar refractivity (Wildman–Crippen MR) is 76.2 cm³/mol. The monoisotopic (exact) mass is 381 g/mol. The molecule has 0 spiro atoms. The third-order valence-electron chi connectivity index (χ3n) is 2.35. The van der Waals surface area contributed by atoms with Gasteiger partial charge in [-0.3, -0.25) is 0 Å². The topological polar surface area (TPSA) is 73.3 Å². The molecule has 0 aliphatic carbocycles. The van der Waals surface area contributed by atoms with E-state index in [1.807, 2.05) is 0 Å². The molecule has 1 aromatic heterocycles. The second kappa shape index (κ2) is 5.38. The second-order valence-electron chi connectivity index (χ2n) is 3.69. The van der Waals surface area contributed by atoms with E-state index in [9.17, 15) is 17.6 Å². The van der Waals surface area contributed by atoms with Crippen LogP contribution in [-0.4, -0.2) is 29.9 Å². The number of rotatable bonds is 4. The Kier molecular flexibility index (Phi) is 4.12. The molecule has 5 nitrogen and oxygen atoms in total. The number of nitrogens with zero attached hydrogens (tertiary/aromatic N) is 1. The molecule has 0 saturated heterocycles. The van der Waals surface area contributed by atoms with E-state index in [0.717, 1.165) is 11.3 Å². The zero-order valence-corrected chi connectivity index (χ0v) is 13.4. The predicted octanol–water partition coefficient (Wildman–Crippen LogP) is 2.65. The van der Waals surface area contributed by atoms with Gasteiger partial charge in [-0.15, -0.1) is 11.3 Å². The minimum atomic E-state index is -4.64. The first kappa shape index (κ1) is 15.3. The second-order valence-corrected chi connectivity index (χ2v) is 8.55. The fourth-order valence-corrected chi connectivity index (χ4v) is 4.76. The lowest BCUT2D eigenvalue weighted by atomic mass is 10.3. The molecule has 1 aromatic carbocycles. The van der Waals surface area contributed by atoms with Crippen LogP contribution in [0.1, 0.15) is 6.92 Å². The van der Waals surface area contributed by atoms with Crippen LogP contribution in [0.4, 0.5) is 4.39 Å². The summed E-state index contributed by atoms with van der Waals surface area (Å²) in [4.78, 5) is 15.3. The molecule has 1 atom stereocenters. The fourth-order valence-electron chi connectivity index (χ4n) is 1.40. The third-order valence-corrected chi connectivity index (χ3v) is 7.09. The summed E-state index contributed by atoms with van der Waals surface area (Å²) in [6, 6.07) is 6.65. The highest BCUT2D eigenvalue weighted by Crippen LogP contribution is 2.37. The largest absolute Gasteiger partial charge is 0.462 e. The zero-order chi connectivity index (χ0) is 15.0. The number of aromatic nitrogens is 1. The van der Waals surface area contributed by atoms with Gasteiger partial charge in [-0.05, 0) is 35.0 Å². The molecule has 0 fully saturated rings. The van der Waals surface area contributed by atoms with Gasteiger partial charge in [-0.2, -0.15) is 4.39 Å². The van der Waals surface area contributed by atoms with Gasteiger partial charge in [0.25, 0.3) is 9.84 Å². The minimum Gasteiger partial charge on any atom is -0.462 e. The summed E-state index contributed by atoms with van der Waals surface area (Å²) in [5.41, 5.74) is 0.420. The number of benzene rings is 1. The molecule has 20 heavy (non-hydrogen) atoms. The lowest BCUT2D eigenvalue weighted by molar-refractivity contribution is -0.146. The van der Waals surface area contributed by atoms with Crippen molar-refractivity contribution in [1.29, 1.82) is 0 Å². The Morgan fingerprint density at radius 2 is 2.15 bits per heavy atom. The van der Waals surface area contributed by atoms with Crippen LogP contribution >= 0.6 is 27.3 Å². The van der Waals surface area contributed by atoms with Crippen LogP contribution in [0.15, 0.2) is 28.6 Å². The van der Waals surface area contributed by atoms with Gasteiger partial charge in [0.05, 0.1) is 16.8 Å². The summed E-state index contributed by atoms with van der Waals surface area (Å²) >= 11 is 3.09. The molecule has 0 amide bonds. The van der Waals surface area contributed by atoms with E-state index >= 15 is 0 Å². The Morgan fingerprint density at radius 1 is 1.50 bits per heavy atom. The summed E-state index contributed by atoms with van der Waals surface area (Å²) in [7, 11) is -4.64. The van der Waals surface area contributed by atoms with E-state index in [-0.39, 0.29) is 6.61 Å². The minimum absolute atomic E-state index is 0.133. The molecular formula is C11H9BrFNO4S2. The van der Waals surface area contributed by atoms with Crippen molar-refractivity contribution in [3.63, 3.8) is 0 Å². The van der Waals surface area contributed by atoms with Crippen molar-refractivity contribution in [3.05, 3.63) is 24.3 Å². The third kappa shape index (κ3) is 2.45. The number of sulfone groups is 1. The maximum Gasteiger partial charge on any atom is 0.371 e. The van der Waals surface area contributed by atoms with Crippen molar-refractivity contribution >= 4 is 53.3 Å². The Balaban J connectivity index is 2.51. The number of hydrogen-bond donors (Lipinski definition) is 0. The zero-order valence-electron chi connectivity index (χ0n) is 10.2. The average molecular weight is 382 g/mol. The molecule has 0 aliphatic rings. The SMILES string of the molecule is CCOC(=O)C(F)(Br)S(=O)(=O)c1nc2ccccc2s1. The van der Waals surface area contributed by atoms with Gasteiger partial charge in [0.1, 0.15) is 0 Å². The molecule has 1 heterocycles. The number of fused-ring (bicyclic) bond motifs is 1. The van der Waals surface area contributed by atoms with Crippen LogP contribution in [0.3, 0.4) is 0 Å². The van der Waals surface area contributed by atoms with E-state index in [1.54, 1.807) is 24.3 Å². The molecule has 0 N–H and O–H groups in total. The first-order valence-corrected chi connectivity index (χ1v) is 8.55. The maximum atomic E-state index is 14.3. The molecule has 0 aliphatic heterocycles. The standard InChI is InChI=1S/C11H9BrFNO4S2/c1-2-18-9(15)11(12,13)20(16,17)10-14-7-5-3-4-6-8(7)19-10/h3-6H,2H2,1H3. The van der Waals surface area contributed by atoms with Gasteiger partial charge < -0.3 is 4.74 Å². The Hall–Kier alpha value is -1.06. The Bertz CT molecular complexity index is 724. The summed E-state index contributed by atoms with van der Waals surface area (Å²) in [6.07, 6.45) is 0. The van der Waals surface area contributed by atoms with Crippen LogP contribution < -0.4 is 0 Å². The number of para-hydroxylation sites is 1. The van der Waals surface area contributed by atoms with Crippen LogP contribution in [0.2, 0.25) is 0 Å². The molecule has 0 saturated carbocycles. The molecule has 2 aromatic rings. The molecule has 9 heteroatoms. The van der Waals surface area contributed by atoms with Crippen LogP contribution in [-0.2, 0) is 19.4 Å². The van der Waals surface area contributed by atoms with Gasteiger partial charge in [0, 0.05) is 0 Å². The van der Waals surface area contributed by atoms with Gasteiger partial charge in [0.2, 0.25) is 4.34 Å². The van der Waals surface area contributed by atoms with E-state index in [1.165, 1.54) is 6.92 Å².